The van der Waals surface area contributed by atoms with Crippen LogP contribution in [0.15, 0.2) is 36.4 Å². The summed E-state index contributed by atoms with van der Waals surface area (Å²) >= 11 is 0. The summed E-state index contributed by atoms with van der Waals surface area (Å²) in [6.07, 6.45) is -0.358. The van der Waals surface area contributed by atoms with E-state index in [2.05, 4.69) is 5.32 Å². The van der Waals surface area contributed by atoms with Crippen LogP contribution in [0.3, 0.4) is 0 Å². The zero-order valence-electron chi connectivity index (χ0n) is 14.7. The molecule has 1 amide bonds. The van der Waals surface area contributed by atoms with E-state index in [1.807, 2.05) is 0 Å². The number of nitrogens with one attached hydrogen (secondary N) is 1. The highest BCUT2D eigenvalue weighted by Crippen LogP contribution is 2.31. The number of hydrogen-bond donors (Lipinski definition) is 2. The number of halogens is 1. The standard InChI is InChI=1S/C19H20FNO5/c1-11-6-12(8-13(20)7-11)19(24)21-16(10-18(22)23)15-5-4-14(25-2)9-17(15)26-3/h4-9,16H,10H2,1-3H3,(H,21,24)(H,22,23). The Balaban J connectivity index is 2.36. The van der Waals surface area contributed by atoms with Crippen LogP contribution in [0.5, 0.6) is 11.5 Å². The number of hydrogen-bond acceptors (Lipinski definition) is 4. The first-order valence-electron chi connectivity index (χ1n) is 7.85. The van der Waals surface area contributed by atoms with Gasteiger partial charge in [0.05, 0.1) is 26.7 Å². The number of ether oxygens (including phenoxy) is 2. The topological polar surface area (TPSA) is 84.9 Å². The van der Waals surface area contributed by atoms with Gasteiger partial charge in [-0.05, 0) is 42.8 Å². The van der Waals surface area contributed by atoms with Crippen LogP contribution < -0.4 is 14.8 Å². The SMILES string of the molecule is COc1ccc(C(CC(=O)O)NC(=O)c2cc(C)cc(F)c2)c(OC)c1. The maximum absolute atomic E-state index is 13.6. The van der Waals surface area contributed by atoms with Gasteiger partial charge in [-0.2, -0.15) is 0 Å². The molecular formula is C19H20FNO5. The molecule has 0 spiro atoms. The molecule has 0 aliphatic rings. The highest BCUT2D eigenvalue weighted by Gasteiger charge is 2.23. The van der Waals surface area contributed by atoms with Crippen LogP contribution in [0.1, 0.15) is 33.9 Å². The molecule has 0 radical (unpaired) electrons. The van der Waals surface area contributed by atoms with E-state index in [1.54, 1.807) is 25.1 Å². The van der Waals surface area contributed by atoms with Crippen molar-refractivity contribution in [2.24, 2.45) is 0 Å². The molecule has 0 saturated carbocycles. The van der Waals surface area contributed by atoms with Gasteiger partial charge in [0.1, 0.15) is 17.3 Å². The minimum atomic E-state index is -1.09. The summed E-state index contributed by atoms with van der Waals surface area (Å²) in [5, 5.41) is 11.8. The van der Waals surface area contributed by atoms with Gasteiger partial charge in [-0.25, -0.2) is 4.39 Å². The summed E-state index contributed by atoms with van der Waals surface area (Å²) in [7, 11) is 2.94. The zero-order chi connectivity index (χ0) is 19.3. The molecule has 0 bridgehead atoms. The van der Waals surface area contributed by atoms with Gasteiger partial charge in [0, 0.05) is 17.2 Å². The first kappa shape index (κ1) is 19.2. The lowest BCUT2D eigenvalue weighted by atomic mass is 10.0. The number of benzene rings is 2. The van der Waals surface area contributed by atoms with E-state index in [1.165, 1.54) is 26.4 Å². The van der Waals surface area contributed by atoms with Crippen LogP contribution in [0.2, 0.25) is 0 Å². The van der Waals surface area contributed by atoms with Gasteiger partial charge in [0.25, 0.3) is 5.91 Å². The first-order chi connectivity index (χ1) is 12.3. The van der Waals surface area contributed by atoms with Crippen LogP contribution in [0, 0.1) is 12.7 Å². The van der Waals surface area contributed by atoms with Gasteiger partial charge < -0.3 is 19.9 Å². The lowest BCUT2D eigenvalue weighted by Crippen LogP contribution is -2.30. The van der Waals surface area contributed by atoms with Gasteiger partial charge in [0.15, 0.2) is 0 Å². The summed E-state index contributed by atoms with van der Waals surface area (Å²) < 4.78 is 24.0. The van der Waals surface area contributed by atoms with Crippen LogP contribution in [0.25, 0.3) is 0 Å². The number of carbonyl (C=O) groups is 2. The molecule has 0 aliphatic heterocycles. The van der Waals surface area contributed by atoms with Crippen molar-refractivity contribution in [2.75, 3.05) is 14.2 Å². The fourth-order valence-corrected chi connectivity index (χ4v) is 2.63. The molecule has 2 rings (SSSR count). The molecule has 0 aromatic heterocycles. The van der Waals surface area contributed by atoms with E-state index in [0.29, 0.717) is 22.6 Å². The van der Waals surface area contributed by atoms with Crippen molar-refractivity contribution in [3.8, 4) is 11.5 Å². The van der Waals surface area contributed by atoms with Gasteiger partial charge in [-0.15, -0.1) is 0 Å². The summed E-state index contributed by atoms with van der Waals surface area (Å²) in [4.78, 5) is 23.8. The third-order valence-electron chi connectivity index (χ3n) is 3.80. The molecular weight excluding hydrogens is 341 g/mol. The number of carboxylic acid groups (broad SMARTS) is 1. The Labute approximate surface area is 150 Å². The maximum Gasteiger partial charge on any atom is 0.305 e. The monoisotopic (exact) mass is 361 g/mol. The molecule has 2 aromatic rings. The van der Waals surface area contributed by atoms with E-state index in [4.69, 9.17) is 9.47 Å². The van der Waals surface area contributed by atoms with Crippen molar-refractivity contribution in [1.29, 1.82) is 0 Å². The quantitative estimate of drug-likeness (QED) is 0.792. The lowest BCUT2D eigenvalue weighted by Gasteiger charge is -2.20. The molecule has 2 aromatic carbocycles. The van der Waals surface area contributed by atoms with Crippen molar-refractivity contribution in [3.05, 3.63) is 58.9 Å². The molecule has 0 saturated heterocycles. The van der Waals surface area contributed by atoms with Crippen LogP contribution in [-0.4, -0.2) is 31.2 Å². The average Bonchev–Trinajstić information content (AvgIpc) is 2.59. The van der Waals surface area contributed by atoms with Gasteiger partial charge in [0.2, 0.25) is 0 Å². The van der Waals surface area contributed by atoms with Crippen molar-refractivity contribution in [3.63, 3.8) is 0 Å². The van der Waals surface area contributed by atoms with E-state index in [9.17, 15) is 19.1 Å². The Morgan fingerprint density at radius 3 is 2.46 bits per heavy atom. The van der Waals surface area contributed by atoms with Gasteiger partial charge in [-0.1, -0.05) is 0 Å². The molecule has 0 fully saturated rings. The highest BCUT2D eigenvalue weighted by atomic mass is 19.1. The molecule has 26 heavy (non-hydrogen) atoms. The number of carbonyl (C=O) groups excluding carboxylic acids is 1. The first-order valence-corrected chi connectivity index (χ1v) is 7.85. The number of carboxylic acids is 1. The van der Waals surface area contributed by atoms with E-state index in [-0.39, 0.29) is 12.0 Å². The second-order valence-corrected chi connectivity index (χ2v) is 5.75. The summed E-state index contributed by atoms with van der Waals surface area (Å²) in [6, 6.07) is 7.95. The smallest absolute Gasteiger partial charge is 0.305 e. The predicted molar refractivity (Wildman–Crippen MR) is 93.1 cm³/mol. The Kier molecular flexibility index (Phi) is 6.16. The van der Waals surface area contributed by atoms with E-state index in [0.717, 1.165) is 6.07 Å². The predicted octanol–water partition coefficient (Wildman–Crippen LogP) is 3.10. The average molecular weight is 361 g/mol. The Bertz CT molecular complexity index is 801. The Morgan fingerprint density at radius 2 is 1.88 bits per heavy atom. The Hall–Kier alpha value is -3.09. The van der Waals surface area contributed by atoms with Crippen LogP contribution >= 0.6 is 0 Å². The van der Waals surface area contributed by atoms with Crippen molar-refractivity contribution < 1.29 is 28.6 Å². The van der Waals surface area contributed by atoms with Gasteiger partial charge >= 0.3 is 5.97 Å². The molecule has 0 aliphatic carbocycles. The van der Waals surface area contributed by atoms with Crippen LogP contribution in [0.4, 0.5) is 4.39 Å². The van der Waals surface area contributed by atoms with E-state index >= 15 is 0 Å². The summed E-state index contributed by atoms with van der Waals surface area (Å²) in [6.45, 7) is 1.67. The second kappa shape index (κ2) is 8.33. The third-order valence-corrected chi connectivity index (χ3v) is 3.80. The molecule has 6 nitrogen and oxygen atoms in total. The number of rotatable bonds is 7. The van der Waals surface area contributed by atoms with Gasteiger partial charge in [-0.3, -0.25) is 9.59 Å². The van der Waals surface area contributed by atoms with Crippen molar-refractivity contribution >= 4 is 11.9 Å². The van der Waals surface area contributed by atoms with Crippen LogP contribution in [-0.2, 0) is 4.79 Å². The normalized spacial score (nSPS) is 11.5. The maximum atomic E-state index is 13.6. The third kappa shape index (κ3) is 4.72. The van der Waals surface area contributed by atoms with Crippen molar-refractivity contribution in [2.45, 2.75) is 19.4 Å². The minimum Gasteiger partial charge on any atom is -0.497 e. The number of methoxy groups -OCH3 is 2. The number of amides is 1. The number of aryl methyl sites for hydroxylation is 1. The fraction of sp³-hybridized carbons (Fsp3) is 0.263. The van der Waals surface area contributed by atoms with E-state index < -0.39 is 23.7 Å². The molecule has 1 unspecified atom stereocenters. The fourth-order valence-electron chi connectivity index (χ4n) is 2.63. The highest BCUT2D eigenvalue weighted by molar-refractivity contribution is 5.95. The summed E-state index contributed by atoms with van der Waals surface area (Å²) in [5.74, 6) is -1.29. The molecule has 138 valence electrons. The van der Waals surface area contributed by atoms with Crippen molar-refractivity contribution in [1.82, 2.24) is 5.32 Å². The molecule has 0 heterocycles. The molecule has 1 atom stereocenters. The Morgan fingerprint density at radius 1 is 1.15 bits per heavy atom. The summed E-state index contributed by atoms with van der Waals surface area (Å²) in [5.41, 5.74) is 1.19. The number of aliphatic carboxylic acids is 1. The second-order valence-electron chi connectivity index (χ2n) is 5.75. The zero-order valence-corrected chi connectivity index (χ0v) is 14.7. The molecule has 2 N–H and O–H groups in total. The largest absolute Gasteiger partial charge is 0.497 e. The molecule has 7 heteroatoms. The minimum absolute atomic E-state index is 0.116. The lowest BCUT2D eigenvalue weighted by molar-refractivity contribution is -0.137.